The lowest BCUT2D eigenvalue weighted by Crippen LogP contribution is -2.59. The van der Waals surface area contributed by atoms with Crippen LogP contribution in [-0.2, 0) is 4.79 Å². The number of benzene rings is 1. The summed E-state index contributed by atoms with van der Waals surface area (Å²) in [6, 6.07) is 4.68. The Kier molecular flexibility index (Phi) is 3.06. The van der Waals surface area contributed by atoms with Gasteiger partial charge < -0.3 is 11.1 Å². The molecule has 3 rings (SSSR count). The van der Waals surface area contributed by atoms with Gasteiger partial charge in [0.1, 0.15) is 0 Å². The fourth-order valence-corrected chi connectivity index (χ4v) is 2.98. The fourth-order valence-electron chi connectivity index (χ4n) is 2.98. The molecule has 3 N–H and O–H groups in total. The van der Waals surface area contributed by atoms with Gasteiger partial charge in [-0.25, -0.2) is 4.90 Å². The SMILES string of the molecule is CC1(C(=O)N2C(=O)c3cccc(N)c3C2=O)CCCCN1. The maximum absolute atomic E-state index is 12.7. The molecule has 1 atom stereocenters. The summed E-state index contributed by atoms with van der Waals surface area (Å²) in [5, 5.41) is 3.13. The van der Waals surface area contributed by atoms with Crippen LogP contribution in [0.15, 0.2) is 18.2 Å². The van der Waals surface area contributed by atoms with Crippen LogP contribution >= 0.6 is 0 Å². The molecule has 1 aromatic carbocycles. The smallest absolute Gasteiger partial charge is 0.270 e. The number of hydrogen-bond acceptors (Lipinski definition) is 5. The number of hydrogen-bond donors (Lipinski definition) is 2. The summed E-state index contributed by atoms with van der Waals surface area (Å²) in [5.74, 6) is -1.69. The molecule has 0 spiro atoms. The number of piperidine rings is 1. The summed E-state index contributed by atoms with van der Waals surface area (Å²) in [6.07, 6.45) is 2.48. The summed E-state index contributed by atoms with van der Waals surface area (Å²) in [7, 11) is 0. The minimum atomic E-state index is -0.875. The minimum absolute atomic E-state index is 0.134. The predicted molar refractivity (Wildman–Crippen MR) is 76.6 cm³/mol. The predicted octanol–water partition coefficient (Wildman–Crippen LogP) is 0.924. The Hall–Kier alpha value is -2.21. The molecule has 6 heteroatoms. The first kappa shape index (κ1) is 13.8. The number of nitrogens with two attached hydrogens (primary N) is 1. The van der Waals surface area contributed by atoms with Gasteiger partial charge in [-0.15, -0.1) is 0 Å². The number of nitrogens with zero attached hydrogens (tertiary/aromatic N) is 1. The van der Waals surface area contributed by atoms with E-state index in [2.05, 4.69) is 5.32 Å². The van der Waals surface area contributed by atoms with Gasteiger partial charge in [-0.05, 0) is 44.9 Å². The van der Waals surface area contributed by atoms with Gasteiger partial charge >= 0.3 is 0 Å². The van der Waals surface area contributed by atoms with Crippen LogP contribution < -0.4 is 11.1 Å². The number of nitrogen functional groups attached to an aromatic ring is 1. The van der Waals surface area contributed by atoms with Crippen molar-refractivity contribution in [3.63, 3.8) is 0 Å². The highest BCUT2D eigenvalue weighted by Crippen LogP contribution is 2.31. The maximum atomic E-state index is 12.7. The van der Waals surface area contributed by atoms with Crippen LogP contribution in [0.3, 0.4) is 0 Å². The Balaban J connectivity index is 1.98. The standard InChI is InChI=1S/C15H17N3O3/c1-15(7-2-3-8-17-15)14(21)18-12(19)9-5-4-6-10(16)11(9)13(18)20/h4-6,17H,2-3,7-8,16H2,1H3. The molecule has 0 bridgehead atoms. The molecular weight excluding hydrogens is 270 g/mol. The zero-order valence-corrected chi connectivity index (χ0v) is 11.8. The van der Waals surface area contributed by atoms with Crippen LogP contribution in [0.4, 0.5) is 5.69 Å². The average molecular weight is 287 g/mol. The normalized spacial score (nSPS) is 25.1. The second-order valence-electron chi connectivity index (χ2n) is 5.74. The Morgan fingerprint density at radius 1 is 1.29 bits per heavy atom. The zero-order valence-electron chi connectivity index (χ0n) is 11.8. The highest BCUT2D eigenvalue weighted by atomic mass is 16.2. The molecule has 2 aliphatic heterocycles. The molecule has 110 valence electrons. The van der Waals surface area contributed by atoms with Crippen LogP contribution in [0.5, 0.6) is 0 Å². The minimum Gasteiger partial charge on any atom is -0.398 e. The third-order valence-corrected chi connectivity index (χ3v) is 4.24. The number of carbonyl (C=O) groups excluding carboxylic acids is 3. The van der Waals surface area contributed by atoms with E-state index in [4.69, 9.17) is 5.73 Å². The molecule has 0 saturated carbocycles. The summed E-state index contributed by atoms with van der Waals surface area (Å²) in [6.45, 7) is 2.44. The van der Waals surface area contributed by atoms with E-state index in [1.54, 1.807) is 19.1 Å². The van der Waals surface area contributed by atoms with Gasteiger partial charge in [0.25, 0.3) is 17.7 Å². The largest absolute Gasteiger partial charge is 0.398 e. The van der Waals surface area contributed by atoms with E-state index in [0.29, 0.717) is 13.0 Å². The van der Waals surface area contributed by atoms with Crippen molar-refractivity contribution < 1.29 is 14.4 Å². The third kappa shape index (κ3) is 1.94. The monoisotopic (exact) mass is 287 g/mol. The van der Waals surface area contributed by atoms with Gasteiger partial charge in [-0.1, -0.05) is 6.07 Å². The number of nitrogens with one attached hydrogen (secondary N) is 1. The van der Waals surface area contributed by atoms with Crippen LogP contribution in [0.25, 0.3) is 0 Å². The summed E-state index contributed by atoms with van der Waals surface area (Å²) >= 11 is 0. The molecule has 3 amide bonds. The molecule has 0 aliphatic carbocycles. The van der Waals surface area contributed by atoms with Crippen LogP contribution in [0.1, 0.15) is 46.9 Å². The van der Waals surface area contributed by atoms with Crippen LogP contribution in [0.2, 0.25) is 0 Å². The van der Waals surface area contributed by atoms with Crippen molar-refractivity contribution in [3.8, 4) is 0 Å². The summed E-state index contributed by atoms with van der Waals surface area (Å²) < 4.78 is 0. The van der Waals surface area contributed by atoms with Gasteiger partial charge in [-0.2, -0.15) is 0 Å². The molecule has 21 heavy (non-hydrogen) atoms. The number of imide groups is 3. The first-order valence-electron chi connectivity index (χ1n) is 7.02. The molecule has 6 nitrogen and oxygen atoms in total. The summed E-state index contributed by atoms with van der Waals surface area (Å²) in [5.41, 5.74) is 5.46. The lowest BCUT2D eigenvalue weighted by molar-refractivity contribution is -0.133. The average Bonchev–Trinajstić information content (AvgIpc) is 2.72. The highest BCUT2D eigenvalue weighted by molar-refractivity contribution is 6.31. The third-order valence-electron chi connectivity index (χ3n) is 4.24. The highest BCUT2D eigenvalue weighted by Gasteiger charge is 2.47. The lowest BCUT2D eigenvalue weighted by atomic mass is 9.89. The van der Waals surface area contributed by atoms with E-state index >= 15 is 0 Å². The van der Waals surface area contributed by atoms with Crippen molar-refractivity contribution in [2.45, 2.75) is 31.7 Å². The first-order valence-corrected chi connectivity index (χ1v) is 7.02. The van der Waals surface area contributed by atoms with Gasteiger partial charge in [-0.3, -0.25) is 14.4 Å². The number of rotatable bonds is 1. The van der Waals surface area contributed by atoms with Crippen molar-refractivity contribution in [2.75, 3.05) is 12.3 Å². The molecule has 0 aromatic heterocycles. The zero-order chi connectivity index (χ0) is 15.2. The lowest BCUT2D eigenvalue weighted by Gasteiger charge is -2.35. The quantitative estimate of drug-likeness (QED) is 0.592. The second kappa shape index (κ2) is 4.66. The van der Waals surface area contributed by atoms with Crippen LogP contribution in [0, 0.1) is 0 Å². The van der Waals surface area contributed by atoms with E-state index in [-0.39, 0.29) is 16.8 Å². The number of anilines is 1. The number of amides is 3. The van der Waals surface area contributed by atoms with Crippen molar-refractivity contribution in [3.05, 3.63) is 29.3 Å². The molecule has 2 heterocycles. The van der Waals surface area contributed by atoms with Crippen molar-refractivity contribution >= 4 is 23.4 Å². The van der Waals surface area contributed by atoms with E-state index < -0.39 is 23.3 Å². The molecular formula is C15H17N3O3. The van der Waals surface area contributed by atoms with Gasteiger partial charge in [0.15, 0.2) is 0 Å². The van der Waals surface area contributed by atoms with E-state index in [9.17, 15) is 14.4 Å². The van der Waals surface area contributed by atoms with Gasteiger partial charge in [0.2, 0.25) is 0 Å². The van der Waals surface area contributed by atoms with Crippen molar-refractivity contribution in [1.82, 2.24) is 10.2 Å². The van der Waals surface area contributed by atoms with Crippen molar-refractivity contribution in [2.24, 2.45) is 0 Å². The molecule has 0 radical (unpaired) electrons. The van der Waals surface area contributed by atoms with Gasteiger partial charge in [0.05, 0.1) is 16.7 Å². The summed E-state index contributed by atoms with van der Waals surface area (Å²) in [4.78, 5) is 38.3. The molecule has 1 unspecified atom stereocenters. The Labute approximate surface area is 122 Å². The van der Waals surface area contributed by atoms with Crippen LogP contribution in [-0.4, -0.2) is 34.7 Å². The maximum Gasteiger partial charge on any atom is 0.270 e. The molecule has 1 saturated heterocycles. The Bertz CT molecular complexity index is 648. The van der Waals surface area contributed by atoms with Gasteiger partial charge in [0, 0.05) is 5.69 Å². The Morgan fingerprint density at radius 2 is 2.05 bits per heavy atom. The number of fused-ring (bicyclic) bond motifs is 1. The fraction of sp³-hybridized carbons (Fsp3) is 0.400. The van der Waals surface area contributed by atoms with Crippen molar-refractivity contribution in [1.29, 1.82) is 0 Å². The van der Waals surface area contributed by atoms with E-state index in [1.165, 1.54) is 6.07 Å². The topological polar surface area (TPSA) is 92.5 Å². The second-order valence-corrected chi connectivity index (χ2v) is 5.74. The van der Waals surface area contributed by atoms with E-state index in [1.807, 2.05) is 0 Å². The number of carbonyl (C=O) groups is 3. The van der Waals surface area contributed by atoms with E-state index in [0.717, 1.165) is 17.7 Å². The molecule has 1 aromatic rings. The Morgan fingerprint density at radius 3 is 2.67 bits per heavy atom. The first-order chi connectivity index (χ1) is 9.96. The molecule has 1 fully saturated rings. The molecule has 2 aliphatic rings.